The molecule has 1 saturated carbocycles. The maximum absolute atomic E-state index is 12.2. The third-order valence-electron chi connectivity index (χ3n) is 3.72. The van der Waals surface area contributed by atoms with Crippen molar-refractivity contribution in [3.05, 3.63) is 0 Å². The Kier molecular flexibility index (Phi) is 6.32. The summed E-state index contributed by atoms with van der Waals surface area (Å²) in [5, 5.41) is 3.44. The van der Waals surface area contributed by atoms with E-state index in [2.05, 4.69) is 26.1 Å². The van der Waals surface area contributed by atoms with Crippen LogP contribution in [0.25, 0.3) is 0 Å². The average Bonchev–Trinajstić information content (AvgIpc) is 2.32. The van der Waals surface area contributed by atoms with E-state index in [1.165, 1.54) is 6.42 Å². The van der Waals surface area contributed by atoms with Crippen LogP contribution >= 0.6 is 0 Å². The van der Waals surface area contributed by atoms with Gasteiger partial charge >= 0.3 is 6.18 Å². The zero-order chi connectivity index (χ0) is 15.3. The van der Waals surface area contributed by atoms with Crippen LogP contribution in [0, 0.1) is 0 Å². The number of ether oxygens (including phenoxy) is 1. The lowest BCUT2D eigenvalue weighted by Gasteiger charge is -2.39. The topological polar surface area (TPSA) is 21.3 Å². The van der Waals surface area contributed by atoms with Crippen molar-refractivity contribution < 1.29 is 17.9 Å². The molecule has 1 rings (SSSR count). The molecule has 0 unspecified atom stereocenters. The molecule has 20 heavy (non-hydrogen) atoms. The lowest BCUT2D eigenvalue weighted by Crippen LogP contribution is -2.50. The van der Waals surface area contributed by atoms with Gasteiger partial charge in [-0.15, -0.1) is 0 Å². The van der Waals surface area contributed by atoms with Gasteiger partial charge in [0.25, 0.3) is 0 Å². The van der Waals surface area contributed by atoms with E-state index in [0.29, 0.717) is 0 Å². The molecule has 0 aromatic heterocycles. The zero-order valence-electron chi connectivity index (χ0n) is 12.9. The minimum atomic E-state index is -4.08. The summed E-state index contributed by atoms with van der Waals surface area (Å²) < 4.78 is 42.4. The number of hydrogen-bond acceptors (Lipinski definition) is 2. The highest BCUT2D eigenvalue weighted by atomic mass is 19.4. The summed E-state index contributed by atoms with van der Waals surface area (Å²) in [6.45, 7) is 7.20. The normalized spacial score (nSPS) is 20.1. The summed E-state index contributed by atoms with van der Waals surface area (Å²) in [5.41, 5.74) is -0.267. The molecule has 0 bridgehead atoms. The van der Waals surface area contributed by atoms with Crippen molar-refractivity contribution in [1.29, 1.82) is 0 Å². The van der Waals surface area contributed by atoms with E-state index in [0.717, 1.165) is 32.2 Å². The summed E-state index contributed by atoms with van der Waals surface area (Å²) in [6, 6.07) is 0. The van der Waals surface area contributed by atoms with E-state index in [-0.39, 0.29) is 24.2 Å². The van der Waals surface area contributed by atoms with Gasteiger partial charge in [-0.1, -0.05) is 19.3 Å². The Bertz CT molecular complexity index is 278. The van der Waals surface area contributed by atoms with E-state index >= 15 is 0 Å². The van der Waals surface area contributed by atoms with Crippen LogP contribution in [0.15, 0.2) is 0 Å². The summed E-state index contributed by atoms with van der Waals surface area (Å²) in [5.74, 6) is 0. The fraction of sp³-hybridized carbons (Fsp3) is 1.00. The predicted molar refractivity (Wildman–Crippen MR) is 74.8 cm³/mol. The summed E-state index contributed by atoms with van der Waals surface area (Å²) in [6.07, 6.45) is 0.521. The quantitative estimate of drug-likeness (QED) is 0.732. The van der Waals surface area contributed by atoms with Gasteiger partial charge in [0.2, 0.25) is 0 Å². The van der Waals surface area contributed by atoms with Crippen LogP contribution < -0.4 is 5.32 Å². The molecule has 0 saturated heterocycles. The second-order valence-corrected chi connectivity index (χ2v) is 6.91. The first kappa shape index (κ1) is 17.8. The molecule has 0 radical (unpaired) electrons. The lowest BCUT2D eigenvalue weighted by atomic mass is 9.84. The second kappa shape index (κ2) is 7.12. The minimum Gasteiger partial charge on any atom is -0.374 e. The van der Waals surface area contributed by atoms with Crippen LogP contribution in [-0.4, -0.2) is 30.5 Å². The molecule has 1 N–H and O–H groups in total. The van der Waals surface area contributed by atoms with Gasteiger partial charge in [-0.2, -0.15) is 13.2 Å². The van der Waals surface area contributed by atoms with Gasteiger partial charge in [0, 0.05) is 25.1 Å². The maximum atomic E-state index is 12.2. The summed E-state index contributed by atoms with van der Waals surface area (Å²) >= 11 is 0. The molecule has 0 aromatic carbocycles. The smallest absolute Gasteiger partial charge is 0.374 e. The SMILES string of the molecule is CC(C)(C)NCC1(OCCCC(F)(F)F)CCCCC1. The van der Waals surface area contributed by atoms with Gasteiger partial charge < -0.3 is 10.1 Å². The van der Waals surface area contributed by atoms with E-state index in [9.17, 15) is 13.2 Å². The molecule has 0 amide bonds. The number of alkyl halides is 3. The van der Waals surface area contributed by atoms with Crippen LogP contribution in [0.2, 0.25) is 0 Å². The molecular formula is C15H28F3NO. The lowest BCUT2D eigenvalue weighted by molar-refractivity contribution is -0.143. The fourth-order valence-electron chi connectivity index (χ4n) is 2.56. The van der Waals surface area contributed by atoms with E-state index < -0.39 is 12.6 Å². The Morgan fingerprint density at radius 3 is 2.15 bits per heavy atom. The van der Waals surface area contributed by atoms with Crippen LogP contribution in [0.1, 0.15) is 65.7 Å². The van der Waals surface area contributed by atoms with Gasteiger partial charge in [0.15, 0.2) is 0 Å². The Labute approximate surface area is 120 Å². The maximum Gasteiger partial charge on any atom is 0.389 e. The molecule has 120 valence electrons. The van der Waals surface area contributed by atoms with E-state index in [1.54, 1.807) is 0 Å². The van der Waals surface area contributed by atoms with Gasteiger partial charge in [0.1, 0.15) is 0 Å². The van der Waals surface area contributed by atoms with Crippen LogP contribution in [0.5, 0.6) is 0 Å². The van der Waals surface area contributed by atoms with E-state index in [4.69, 9.17) is 4.74 Å². The van der Waals surface area contributed by atoms with Gasteiger partial charge in [-0.25, -0.2) is 0 Å². The molecule has 0 atom stereocenters. The Morgan fingerprint density at radius 1 is 1.05 bits per heavy atom. The minimum absolute atomic E-state index is 0.000221. The van der Waals surface area contributed by atoms with Crippen molar-refractivity contribution in [3.63, 3.8) is 0 Å². The molecule has 0 aliphatic heterocycles. The highest BCUT2D eigenvalue weighted by Crippen LogP contribution is 2.32. The number of rotatable bonds is 6. The highest BCUT2D eigenvalue weighted by Gasteiger charge is 2.34. The molecular weight excluding hydrogens is 267 g/mol. The third kappa shape index (κ3) is 7.48. The van der Waals surface area contributed by atoms with Crippen LogP contribution in [0.3, 0.4) is 0 Å². The number of hydrogen-bond donors (Lipinski definition) is 1. The molecule has 0 heterocycles. The Hall–Kier alpha value is -0.290. The van der Waals surface area contributed by atoms with Crippen molar-refractivity contribution in [2.24, 2.45) is 0 Å². The Morgan fingerprint density at radius 2 is 1.65 bits per heavy atom. The highest BCUT2D eigenvalue weighted by molar-refractivity contribution is 4.89. The second-order valence-electron chi connectivity index (χ2n) is 6.91. The zero-order valence-corrected chi connectivity index (χ0v) is 12.9. The first-order valence-electron chi connectivity index (χ1n) is 7.58. The van der Waals surface area contributed by atoms with Crippen molar-refractivity contribution in [2.45, 2.75) is 83.0 Å². The monoisotopic (exact) mass is 295 g/mol. The summed E-state index contributed by atoms with van der Waals surface area (Å²) in [4.78, 5) is 0. The Balaban J connectivity index is 2.43. The molecule has 0 aromatic rings. The van der Waals surface area contributed by atoms with Gasteiger partial charge in [-0.3, -0.25) is 0 Å². The van der Waals surface area contributed by atoms with Gasteiger partial charge in [0.05, 0.1) is 5.60 Å². The van der Waals surface area contributed by atoms with Crippen molar-refractivity contribution >= 4 is 0 Å². The molecule has 2 nitrogen and oxygen atoms in total. The van der Waals surface area contributed by atoms with Crippen LogP contribution in [0.4, 0.5) is 13.2 Å². The summed E-state index contributed by atoms with van der Waals surface area (Å²) in [7, 11) is 0. The fourth-order valence-corrected chi connectivity index (χ4v) is 2.56. The van der Waals surface area contributed by atoms with Crippen LogP contribution in [-0.2, 0) is 4.74 Å². The van der Waals surface area contributed by atoms with Crippen molar-refractivity contribution in [3.8, 4) is 0 Å². The molecule has 1 fully saturated rings. The third-order valence-corrected chi connectivity index (χ3v) is 3.72. The molecule has 1 aliphatic carbocycles. The first-order chi connectivity index (χ1) is 9.12. The largest absolute Gasteiger partial charge is 0.389 e. The number of nitrogens with one attached hydrogen (secondary N) is 1. The first-order valence-corrected chi connectivity index (χ1v) is 7.58. The molecule has 0 spiro atoms. The molecule has 5 heteroatoms. The standard InChI is InChI=1S/C15H28F3NO/c1-13(2,3)19-12-14(8-5-4-6-9-14)20-11-7-10-15(16,17)18/h19H,4-12H2,1-3H3. The predicted octanol–water partition coefficient (Wildman–Crippen LogP) is 4.44. The van der Waals surface area contributed by atoms with Gasteiger partial charge in [-0.05, 0) is 40.0 Å². The van der Waals surface area contributed by atoms with E-state index in [1.807, 2.05) is 0 Å². The number of halogens is 3. The van der Waals surface area contributed by atoms with Crippen molar-refractivity contribution in [2.75, 3.05) is 13.2 Å². The molecule has 1 aliphatic rings. The van der Waals surface area contributed by atoms with Crippen molar-refractivity contribution in [1.82, 2.24) is 5.32 Å². The average molecular weight is 295 g/mol.